The second kappa shape index (κ2) is 13.8. The summed E-state index contributed by atoms with van der Waals surface area (Å²) in [5, 5.41) is 9.96. The first-order chi connectivity index (χ1) is 24.6. The van der Waals surface area contributed by atoms with Crippen LogP contribution < -0.4 is 9.47 Å². The quantitative estimate of drug-likeness (QED) is 0.133. The summed E-state index contributed by atoms with van der Waals surface area (Å²) >= 11 is 1.43. The van der Waals surface area contributed by atoms with Gasteiger partial charge in [-0.15, -0.1) is 11.7 Å². The molecule has 0 saturated carbocycles. The van der Waals surface area contributed by atoms with Gasteiger partial charge in [-0.25, -0.2) is 4.98 Å². The number of amides is 1. The standard InChI is InChI=1S/C41H37N5O3S/c1-3-27(25-45-26-38(43-44-45)28-10-6-4-7-11-28)30-20-21-46-39(22-30)40(50-41(46)47)35-24-37(42-36-19-18-33(48-2)23-34(35)36)29-14-16-32(17-15-29)49-31-12-8-5-9-13-31/h3-19,23-24,26-27,30,39-40H,1,20-22,25H2,2H3/t27-,30-,39-,40-/m0/s1. The van der Waals surface area contributed by atoms with Crippen molar-refractivity contribution in [2.45, 2.75) is 30.7 Å². The maximum Gasteiger partial charge on any atom is 0.282 e. The average Bonchev–Trinajstić information content (AvgIpc) is 3.78. The summed E-state index contributed by atoms with van der Waals surface area (Å²) in [6.45, 7) is 5.64. The summed E-state index contributed by atoms with van der Waals surface area (Å²) < 4.78 is 13.6. The van der Waals surface area contributed by atoms with Gasteiger partial charge in [-0.3, -0.25) is 9.48 Å². The van der Waals surface area contributed by atoms with Crippen molar-refractivity contribution in [1.82, 2.24) is 24.9 Å². The van der Waals surface area contributed by atoms with Crippen molar-refractivity contribution in [2.75, 3.05) is 13.7 Å². The van der Waals surface area contributed by atoms with Crippen LogP contribution in [0.4, 0.5) is 4.79 Å². The second-order valence-corrected chi connectivity index (χ2v) is 14.0. The van der Waals surface area contributed by atoms with E-state index in [1.807, 2.05) is 114 Å². The molecule has 50 heavy (non-hydrogen) atoms. The summed E-state index contributed by atoms with van der Waals surface area (Å²) in [7, 11) is 1.68. The topological polar surface area (TPSA) is 82.4 Å². The SMILES string of the molecule is C=C[C@@H](Cn1cc(-c2ccccc2)nn1)[C@H]1CCN2C(=O)S[C@@H](c3cc(-c4ccc(Oc5ccccc5)cc4)nc4ccc(OC)cc34)[C@@H]2C1. The minimum Gasteiger partial charge on any atom is -0.497 e. The van der Waals surface area contributed by atoms with Crippen LogP contribution in [0.2, 0.25) is 0 Å². The Hall–Kier alpha value is -5.41. The summed E-state index contributed by atoms with van der Waals surface area (Å²) in [6.07, 6.45) is 5.85. The Bertz CT molecular complexity index is 2140. The molecule has 0 radical (unpaired) electrons. The molecule has 9 heteroatoms. The number of carbonyl (C=O) groups excluding carboxylic acids is 1. The number of fused-ring (bicyclic) bond motifs is 2. The van der Waals surface area contributed by atoms with Gasteiger partial charge in [-0.05, 0) is 90.9 Å². The fraction of sp³-hybridized carbons (Fsp3) is 0.220. The zero-order chi connectivity index (χ0) is 34.0. The van der Waals surface area contributed by atoms with Gasteiger partial charge in [-0.2, -0.15) is 0 Å². The van der Waals surface area contributed by atoms with Gasteiger partial charge in [0.1, 0.15) is 22.9 Å². The molecule has 0 bridgehead atoms. The van der Waals surface area contributed by atoms with Crippen molar-refractivity contribution in [3.63, 3.8) is 0 Å². The second-order valence-electron chi connectivity index (χ2n) is 12.9. The summed E-state index contributed by atoms with van der Waals surface area (Å²) in [5.74, 6) is 2.83. The van der Waals surface area contributed by atoms with Crippen LogP contribution in [-0.4, -0.2) is 49.8 Å². The van der Waals surface area contributed by atoms with Crippen LogP contribution in [-0.2, 0) is 6.54 Å². The number of methoxy groups -OCH3 is 1. The minimum absolute atomic E-state index is 0.0376. The van der Waals surface area contributed by atoms with E-state index in [2.05, 4.69) is 33.9 Å². The molecule has 0 N–H and O–H groups in total. The molecule has 8 nitrogen and oxygen atoms in total. The predicted molar refractivity (Wildman–Crippen MR) is 198 cm³/mol. The normalized spacial score (nSPS) is 19.3. The van der Waals surface area contributed by atoms with Crippen molar-refractivity contribution in [3.8, 4) is 39.8 Å². The lowest BCUT2D eigenvalue weighted by Crippen LogP contribution is -2.43. The lowest BCUT2D eigenvalue weighted by Gasteiger charge is -2.39. The molecule has 2 aliphatic heterocycles. The maximum absolute atomic E-state index is 13.6. The zero-order valence-corrected chi connectivity index (χ0v) is 28.6. The molecule has 8 rings (SSSR count). The van der Waals surface area contributed by atoms with Crippen LogP contribution in [0.3, 0.4) is 0 Å². The van der Waals surface area contributed by atoms with E-state index in [0.717, 1.165) is 75.6 Å². The maximum atomic E-state index is 13.6. The number of hydrogen-bond acceptors (Lipinski definition) is 7. The van der Waals surface area contributed by atoms with Crippen molar-refractivity contribution < 1.29 is 14.3 Å². The number of hydrogen-bond donors (Lipinski definition) is 0. The number of ether oxygens (including phenoxy) is 2. The molecular weight excluding hydrogens is 643 g/mol. The lowest BCUT2D eigenvalue weighted by atomic mass is 9.79. The van der Waals surface area contributed by atoms with Crippen LogP contribution in [0.15, 0.2) is 128 Å². The van der Waals surface area contributed by atoms with Crippen LogP contribution in [0, 0.1) is 11.8 Å². The highest BCUT2D eigenvalue weighted by atomic mass is 32.2. The third kappa shape index (κ3) is 6.36. The Morgan fingerprint density at radius 2 is 1.62 bits per heavy atom. The molecule has 2 saturated heterocycles. The number of rotatable bonds is 10. The van der Waals surface area contributed by atoms with E-state index in [0.29, 0.717) is 12.5 Å². The Morgan fingerprint density at radius 3 is 2.38 bits per heavy atom. The smallest absolute Gasteiger partial charge is 0.282 e. The largest absolute Gasteiger partial charge is 0.497 e. The molecule has 0 unspecified atom stereocenters. The molecule has 2 aliphatic rings. The third-order valence-electron chi connectivity index (χ3n) is 9.89. The highest BCUT2D eigenvalue weighted by Gasteiger charge is 2.46. The van der Waals surface area contributed by atoms with Gasteiger partial charge in [0.05, 0.1) is 29.8 Å². The molecule has 2 aromatic heterocycles. The molecule has 250 valence electrons. The van der Waals surface area contributed by atoms with Gasteiger partial charge in [0.15, 0.2) is 0 Å². The summed E-state index contributed by atoms with van der Waals surface area (Å²) in [6, 6.07) is 36.1. The molecule has 4 atom stereocenters. The molecular formula is C41H37N5O3S. The molecule has 2 fully saturated rings. The number of aromatic nitrogens is 4. The van der Waals surface area contributed by atoms with E-state index in [-0.39, 0.29) is 22.4 Å². The fourth-order valence-corrected chi connectivity index (χ4v) is 8.59. The first-order valence-electron chi connectivity index (χ1n) is 16.9. The van der Waals surface area contributed by atoms with Gasteiger partial charge in [0.25, 0.3) is 5.24 Å². The van der Waals surface area contributed by atoms with E-state index < -0.39 is 0 Å². The fourth-order valence-electron chi connectivity index (χ4n) is 7.27. The highest BCUT2D eigenvalue weighted by molar-refractivity contribution is 8.14. The van der Waals surface area contributed by atoms with E-state index in [9.17, 15) is 4.79 Å². The van der Waals surface area contributed by atoms with E-state index in [4.69, 9.17) is 14.5 Å². The van der Waals surface area contributed by atoms with Crippen LogP contribution >= 0.6 is 11.8 Å². The van der Waals surface area contributed by atoms with E-state index >= 15 is 0 Å². The Labute approximate surface area is 295 Å². The van der Waals surface area contributed by atoms with Crippen molar-refractivity contribution >= 4 is 27.9 Å². The molecule has 0 aliphatic carbocycles. The summed E-state index contributed by atoms with van der Waals surface area (Å²) in [4.78, 5) is 20.7. The number of benzene rings is 4. The molecule has 0 spiro atoms. The van der Waals surface area contributed by atoms with Crippen molar-refractivity contribution in [2.24, 2.45) is 11.8 Å². The van der Waals surface area contributed by atoms with E-state index in [1.54, 1.807) is 7.11 Å². The molecule has 4 heterocycles. The van der Waals surface area contributed by atoms with Gasteiger partial charge < -0.3 is 14.4 Å². The van der Waals surface area contributed by atoms with Crippen LogP contribution in [0.5, 0.6) is 17.2 Å². The molecule has 6 aromatic rings. The van der Waals surface area contributed by atoms with Gasteiger partial charge in [0.2, 0.25) is 0 Å². The first-order valence-corrected chi connectivity index (χ1v) is 17.8. The van der Waals surface area contributed by atoms with Crippen LogP contribution in [0.1, 0.15) is 23.7 Å². The Balaban J connectivity index is 1.09. The highest BCUT2D eigenvalue weighted by Crippen LogP contribution is 2.51. The summed E-state index contributed by atoms with van der Waals surface area (Å²) in [5.41, 5.74) is 5.70. The van der Waals surface area contributed by atoms with Gasteiger partial charge in [0, 0.05) is 35.6 Å². The van der Waals surface area contributed by atoms with Crippen LogP contribution in [0.25, 0.3) is 33.4 Å². The molecule has 1 amide bonds. The number of pyridine rings is 1. The molecule has 4 aromatic carbocycles. The minimum atomic E-state index is -0.0659. The van der Waals surface area contributed by atoms with Crippen molar-refractivity contribution in [3.05, 3.63) is 134 Å². The number of nitrogens with zero attached hydrogens (tertiary/aromatic N) is 5. The Morgan fingerprint density at radius 1 is 0.900 bits per heavy atom. The zero-order valence-electron chi connectivity index (χ0n) is 27.8. The number of thioether (sulfide) groups is 1. The third-order valence-corrected chi connectivity index (χ3v) is 11.2. The van der Waals surface area contributed by atoms with Gasteiger partial charge in [-0.1, -0.05) is 71.6 Å². The van der Waals surface area contributed by atoms with Crippen molar-refractivity contribution in [1.29, 1.82) is 0 Å². The number of carbonyl (C=O) groups is 1. The Kier molecular flexibility index (Phi) is 8.81. The van der Waals surface area contributed by atoms with E-state index in [1.165, 1.54) is 11.8 Å². The van der Waals surface area contributed by atoms with Gasteiger partial charge >= 0.3 is 0 Å². The predicted octanol–water partition coefficient (Wildman–Crippen LogP) is 9.45. The number of piperidine rings is 1. The number of para-hydroxylation sites is 1. The lowest BCUT2D eigenvalue weighted by molar-refractivity contribution is 0.129. The number of allylic oxidation sites excluding steroid dienone is 1. The average molecular weight is 680 g/mol. The first kappa shape index (κ1) is 31.8. The monoisotopic (exact) mass is 679 g/mol.